The predicted molar refractivity (Wildman–Crippen MR) is 132 cm³/mol. The largest absolute Gasteiger partial charge is 0.354 e. The molecule has 34 heavy (non-hydrogen) atoms. The number of rotatable bonds is 6. The van der Waals surface area contributed by atoms with E-state index in [-0.39, 0.29) is 11.5 Å². The highest BCUT2D eigenvalue weighted by molar-refractivity contribution is 6.30. The second-order valence-corrected chi connectivity index (χ2v) is 8.83. The number of carbonyl (C=O) groups excluding carboxylic acids is 1. The zero-order valence-electron chi connectivity index (χ0n) is 19.2. The average Bonchev–Trinajstić information content (AvgIpc) is 3.01. The zero-order valence-corrected chi connectivity index (χ0v) is 19.9. The van der Waals surface area contributed by atoms with E-state index in [1.807, 2.05) is 0 Å². The van der Waals surface area contributed by atoms with E-state index in [0.29, 0.717) is 40.1 Å². The molecule has 178 valence electrons. The first-order chi connectivity index (χ1) is 16.4. The number of aryl methyl sites for hydroxylation is 1. The van der Waals surface area contributed by atoms with Crippen molar-refractivity contribution in [2.45, 2.75) is 13.3 Å². The summed E-state index contributed by atoms with van der Waals surface area (Å²) >= 11 is 6.03. The molecule has 1 aromatic carbocycles. The molecule has 1 saturated heterocycles. The topological polar surface area (TPSA) is 86.3 Å². The Balaban J connectivity index is 1.45. The summed E-state index contributed by atoms with van der Waals surface area (Å²) < 4.78 is 14.3. The van der Waals surface area contributed by atoms with Gasteiger partial charge in [0.15, 0.2) is 0 Å². The quantitative estimate of drug-likeness (QED) is 0.548. The fourth-order valence-corrected chi connectivity index (χ4v) is 3.95. The molecule has 0 unspecified atom stereocenters. The van der Waals surface area contributed by atoms with Gasteiger partial charge in [0.05, 0.1) is 23.6 Å². The molecule has 4 rings (SSSR count). The maximum absolute atomic E-state index is 14.3. The van der Waals surface area contributed by atoms with Gasteiger partial charge >= 0.3 is 0 Å². The van der Waals surface area contributed by atoms with Crippen molar-refractivity contribution in [2.75, 3.05) is 50.4 Å². The standard InChI is InChI=1S/C24H27ClFN7O/c1-16-21(14-22(31-30-16)19-12-17(25)4-5-20(19)26)28-18-6-7-27-23(13-18)29-24(34)15-33-9-3-8-32(2)10-11-33/h4-7,12-14H,3,8-11,15H2,1-2H3,(H2,27,28,29,31,34). The van der Waals surface area contributed by atoms with Crippen molar-refractivity contribution in [2.24, 2.45) is 0 Å². The fourth-order valence-electron chi connectivity index (χ4n) is 3.78. The van der Waals surface area contributed by atoms with Crippen LogP contribution in [0, 0.1) is 12.7 Å². The monoisotopic (exact) mass is 483 g/mol. The van der Waals surface area contributed by atoms with Crippen LogP contribution in [0.5, 0.6) is 0 Å². The van der Waals surface area contributed by atoms with Crippen LogP contribution in [0.4, 0.5) is 21.6 Å². The van der Waals surface area contributed by atoms with Crippen molar-refractivity contribution in [1.29, 1.82) is 0 Å². The van der Waals surface area contributed by atoms with Crippen molar-refractivity contribution in [3.63, 3.8) is 0 Å². The third-order valence-corrected chi connectivity index (χ3v) is 5.90. The Labute approximate surface area is 203 Å². The van der Waals surface area contributed by atoms with Gasteiger partial charge in [0.1, 0.15) is 11.6 Å². The van der Waals surface area contributed by atoms with Crippen LogP contribution in [-0.4, -0.2) is 70.7 Å². The molecule has 1 fully saturated rings. The molecule has 0 bridgehead atoms. The number of likely N-dealkylation sites (N-methyl/N-ethyl adjacent to an activating group) is 1. The van der Waals surface area contributed by atoms with E-state index in [9.17, 15) is 9.18 Å². The summed E-state index contributed by atoms with van der Waals surface area (Å²) in [7, 11) is 2.10. The molecule has 8 nitrogen and oxygen atoms in total. The van der Waals surface area contributed by atoms with Gasteiger partial charge in [0, 0.05) is 41.6 Å². The summed E-state index contributed by atoms with van der Waals surface area (Å²) in [4.78, 5) is 21.3. The molecule has 3 heterocycles. The van der Waals surface area contributed by atoms with Gasteiger partial charge in [-0.2, -0.15) is 10.2 Å². The highest BCUT2D eigenvalue weighted by atomic mass is 35.5. The number of amides is 1. The van der Waals surface area contributed by atoms with E-state index in [1.165, 1.54) is 18.2 Å². The second-order valence-electron chi connectivity index (χ2n) is 8.39. The molecule has 2 aromatic heterocycles. The molecule has 2 N–H and O–H groups in total. The van der Waals surface area contributed by atoms with E-state index < -0.39 is 5.82 Å². The van der Waals surface area contributed by atoms with E-state index in [4.69, 9.17) is 11.6 Å². The number of hydrogen-bond donors (Lipinski definition) is 2. The number of hydrogen-bond acceptors (Lipinski definition) is 7. The average molecular weight is 484 g/mol. The molecule has 3 aromatic rings. The van der Waals surface area contributed by atoms with Gasteiger partial charge in [-0.1, -0.05) is 11.6 Å². The fraction of sp³-hybridized carbons (Fsp3) is 0.333. The van der Waals surface area contributed by atoms with Crippen molar-refractivity contribution < 1.29 is 9.18 Å². The van der Waals surface area contributed by atoms with Crippen molar-refractivity contribution in [1.82, 2.24) is 25.0 Å². The van der Waals surface area contributed by atoms with Gasteiger partial charge in [-0.15, -0.1) is 0 Å². The lowest BCUT2D eigenvalue weighted by Crippen LogP contribution is -2.36. The smallest absolute Gasteiger partial charge is 0.239 e. The van der Waals surface area contributed by atoms with Crippen LogP contribution in [0.15, 0.2) is 42.6 Å². The summed E-state index contributed by atoms with van der Waals surface area (Å²) in [6, 6.07) is 9.54. The molecular weight excluding hydrogens is 457 g/mol. The van der Waals surface area contributed by atoms with Gasteiger partial charge in [0.2, 0.25) is 5.91 Å². The van der Waals surface area contributed by atoms with Gasteiger partial charge in [0.25, 0.3) is 0 Å². The van der Waals surface area contributed by atoms with Crippen molar-refractivity contribution in [3.05, 3.63) is 59.1 Å². The molecule has 0 atom stereocenters. The minimum Gasteiger partial charge on any atom is -0.354 e. The Morgan fingerprint density at radius 3 is 2.82 bits per heavy atom. The predicted octanol–water partition coefficient (Wildman–Crippen LogP) is 3.96. The molecule has 1 amide bonds. The van der Waals surface area contributed by atoms with E-state index in [1.54, 1.807) is 31.3 Å². The number of pyridine rings is 1. The Hall–Kier alpha value is -3.14. The van der Waals surface area contributed by atoms with Crippen LogP contribution in [-0.2, 0) is 4.79 Å². The second kappa shape index (κ2) is 10.9. The minimum atomic E-state index is -0.432. The first kappa shape index (κ1) is 24.0. The number of nitrogens with zero attached hydrogens (tertiary/aromatic N) is 5. The van der Waals surface area contributed by atoms with Gasteiger partial charge in [-0.05, 0) is 63.8 Å². The van der Waals surface area contributed by atoms with Crippen LogP contribution >= 0.6 is 11.6 Å². The van der Waals surface area contributed by atoms with Crippen LogP contribution in [0.25, 0.3) is 11.3 Å². The Morgan fingerprint density at radius 2 is 1.97 bits per heavy atom. The summed E-state index contributed by atoms with van der Waals surface area (Å²) in [5.41, 5.74) is 2.63. The maximum Gasteiger partial charge on any atom is 0.239 e. The number of carbonyl (C=O) groups is 1. The number of aromatic nitrogens is 3. The molecule has 1 aliphatic rings. The molecule has 10 heteroatoms. The first-order valence-corrected chi connectivity index (χ1v) is 11.5. The van der Waals surface area contributed by atoms with Crippen LogP contribution in [0.3, 0.4) is 0 Å². The van der Waals surface area contributed by atoms with Crippen LogP contribution in [0.2, 0.25) is 5.02 Å². The first-order valence-electron chi connectivity index (χ1n) is 11.1. The molecule has 0 radical (unpaired) electrons. The molecule has 0 saturated carbocycles. The van der Waals surface area contributed by atoms with E-state index in [2.05, 4.69) is 42.7 Å². The third kappa shape index (κ3) is 6.25. The maximum atomic E-state index is 14.3. The third-order valence-electron chi connectivity index (χ3n) is 5.67. The zero-order chi connectivity index (χ0) is 24.1. The van der Waals surface area contributed by atoms with Crippen molar-refractivity contribution >= 4 is 34.7 Å². The highest BCUT2D eigenvalue weighted by Gasteiger charge is 2.16. The van der Waals surface area contributed by atoms with Gasteiger partial charge in [-0.3, -0.25) is 9.69 Å². The van der Waals surface area contributed by atoms with Crippen LogP contribution < -0.4 is 10.6 Å². The lowest BCUT2D eigenvalue weighted by atomic mass is 10.1. The SMILES string of the molecule is Cc1nnc(-c2cc(Cl)ccc2F)cc1Nc1ccnc(NC(=O)CN2CCCN(C)CC2)c1. The summed E-state index contributed by atoms with van der Waals surface area (Å²) in [6.45, 7) is 5.89. The molecule has 1 aliphatic heterocycles. The van der Waals surface area contributed by atoms with E-state index >= 15 is 0 Å². The van der Waals surface area contributed by atoms with Gasteiger partial charge in [-0.25, -0.2) is 9.37 Å². The normalized spacial score (nSPS) is 15.1. The number of halogens is 2. The Kier molecular flexibility index (Phi) is 7.66. The highest BCUT2D eigenvalue weighted by Crippen LogP contribution is 2.28. The summed E-state index contributed by atoms with van der Waals surface area (Å²) in [5.74, 6) is -0.0872. The van der Waals surface area contributed by atoms with Gasteiger partial charge < -0.3 is 15.5 Å². The Bertz CT molecular complexity index is 1180. The van der Waals surface area contributed by atoms with E-state index in [0.717, 1.165) is 32.6 Å². The number of benzene rings is 1. The number of anilines is 3. The van der Waals surface area contributed by atoms with Crippen LogP contribution in [0.1, 0.15) is 12.1 Å². The van der Waals surface area contributed by atoms with Crippen molar-refractivity contribution in [3.8, 4) is 11.3 Å². The number of nitrogens with one attached hydrogen (secondary N) is 2. The summed E-state index contributed by atoms with van der Waals surface area (Å²) in [5, 5.41) is 14.8. The lowest BCUT2D eigenvalue weighted by molar-refractivity contribution is -0.117. The molecular formula is C24H27ClFN7O. The Morgan fingerprint density at radius 1 is 1.12 bits per heavy atom. The summed E-state index contributed by atoms with van der Waals surface area (Å²) in [6.07, 6.45) is 2.65. The molecule has 0 aliphatic carbocycles. The minimum absolute atomic E-state index is 0.102. The lowest BCUT2D eigenvalue weighted by Gasteiger charge is -2.19. The molecule has 0 spiro atoms.